The first-order valence-corrected chi connectivity index (χ1v) is 7.91. The molecule has 1 fully saturated rings. The van der Waals surface area contributed by atoms with Gasteiger partial charge in [0.1, 0.15) is 0 Å². The lowest BCUT2D eigenvalue weighted by Gasteiger charge is -2.35. The number of halogens is 2. The maximum Gasteiger partial charge on any atom is 0.0991 e. The van der Waals surface area contributed by atoms with Crippen LogP contribution >= 0.6 is 34.5 Å². The van der Waals surface area contributed by atoms with E-state index in [0.29, 0.717) is 5.92 Å². The average molecular weight is 292 g/mol. The second kappa shape index (κ2) is 5.92. The Kier molecular flexibility index (Phi) is 4.76. The Morgan fingerprint density at radius 1 is 1.41 bits per heavy atom. The average Bonchev–Trinajstić information content (AvgIpc) is 2.67. The van der Waals surface area contributed by atoms with E-state index in [1.54, 1.807) is 0 Å². The number of hydrogen-bond donors (Lipinski definition) is 1. The molecule has 0 aliphatic heterocycles. The first-order chi connectivity index (χ1) is 8.13. The number of thiophene rings is 1. The Labute approximate surface area is 117 Å². The van der Waals surface area contributed by atoms with Gasteiger partial charge < -0.3 is 5.73 Å². The normalized spacial score (nSPS) is 27.1. The third-order valence-electron chi connectivity index (χ3n) is 4.00. The van der Waals surface area contributed by atoms with Crippen LogP contribution < -0.4 is 5.73 Å². The van der Waals surface area contributed by atoms with E-state index < -0.39 is 0 Å². The molecule has 2 rings (SSSR count). The quantitative estimate of drug-likeness (QED) is 0.806. The summed E-state index contributed by atoms with van der Waals surface area (Å²) in [5.41, 5.74) is 7.46. The maximum atomic E-state index is 6.41. The van der Waals surface area contributed by atoms with Crippen molar-refractivity contribution in [1.82, 2.24) is 0 Å². The summed E-state index contributed by atoms with van der Waals surface area (Å²) in [4.78, 5) is 0. The summed E-state index contributed by atoms with van der Waals surface area (Å²) in [5.74, 6) is 1.31. The van der Waals surface area contributed by atoms with Crippen LogP contribution in [-0.2, 0) is 0 Å². The maximum absolute atomic E-state index is 6.41. The number of nitrogens with two attached hydrogens (primary N) is 1. The summed E-state index contributed by atoms with van der Waals surface area (Å²) in [6.45, 7) is 2.26. The van der Waals surface area contributed by atoms with Crippen molar-refractivity contribution in [3.63, 3.8) is 0 Å². The van der Waals surface area contributed by atoms with Crippen molar-refractivity contribution in [3.8, 4) is 0 Å². The fourth-order valence-electron chi connectivity index (χ4n) is 3.03. The van der Waals surface area contributed by atoms with E-state index in [9.17, 15) is 0 Å². The lowest BCUT2D eigenvalue weighted by Crippen LogP contribution is -2.30. The van der Waals surface area contributed by atoms with Crippen LogP contribution in [0.2, 0.25) is 8.67 Å². The second-order valence-electron chi connectivity index (χ2n) is 4.92. The van der Waals surface area contributed by atoms with Gasteiger partial charge in [-0.15, -0.1) is 11.3 Å². The minimum Gasteiger partial charge on any atom is -0.324 e. The number of hydrogen-bond acceptors (Lipinski definition) is 2. The third-order valence-corrected chi connectivity index (χ3v) is 5.51. The van der Waals surface area contributed by atoms with Crippen molar-refractivity contribution in [1.29, 1.82) is 0 Å². The van der Waals surface area contributed by atoms with Crippen molar-refractivity contribution in [2.45, 2.75) is 45.1 Å². The molecule has 1 aromatic heterocycles. The molecule has 3 unspecified atom stereocenters. The highest BCUT2D eigenvalue weighted by molar-refractivity contribution is 7.20. The zero-order valence-corrected chi connectivity index (χ0v) is 12.4. The highest BCUT2D eigenvalue weighted by Gasteiger charge is 2.31. The Morgan fingerprint density at radius 2 is 2.12 bits per heavy atom. The van der Waals surface area contributed by atoms with Crippen molar-refractivity contribution in [2.24, 2.45) is 17.6 Å². The molecular formula is C13H19Cl2NS. The van der Waals surface area contributed by atoms with Crippen LogP contribution in [0.3, 0.4) is 0 Å². The molecule has 3 atom stereocenters. The van der Waals surface area contributed by atoms with Gasteiger partial charge in [0.25, 0.3) is 0 Å². The molecule has 4 heteroatoms. The van der Waals surface area contributed by atoms with Gasteiger partial charge in [-0.25, -0.2) is 0 Å². The Hall–Kier alpha value is 0.240. The Bertz CT molecular complexity index is 377. The molecule has 96 valence electrons. The van der Waals surface area contributed by atoms with Gasteiger partial charge in [-0.05, 0) is 24.3 Å². The van der Waals surface area contributed by atoms with Crippen LogP contribution in [0.4, 0.5) is 0 Å². The molecule has 0 saturated heterocycles. The van der Waals surface area contributed by atoms with E-state index in [1.165, 1.54) is 43.4 Å². The van der Waals surface area contributed by atoms with Gasteiger partial charge in [0.2, 0.25) is 0 Å². The summed E-state index contributed by atoms with van der Waals surface area (Å²) >= 11 is 13.6. The lowest BCUT2D eigenvalue weighted by molar-refractivity contribution is 0.197. The molecule has 1 saturated carbocycles. The van der Waals surface area contributed by atoms with E-state index in [0.717, 1.165) is 20.2 Å². The van der Waals surface area contributed by atoms with E-state index in [4.69, 9.17) is 28.9 Å². The van der Waals surface area contributed by atoms with Crippen molar-refractivity contribution in [2.75, 3.05) is 0 Å². The summed E-state index contributed by atoms with van der Waals surface area (Å²) in [7, 11) is 0. The van der Waals surface area contributed by atoms with Gasteiger partial charge in [-0.2, -0.15) is 0 Å². The lowest BCUT2D eigenvalue weighted by atomic mass is 9.73. The van der Waals surface area contributed by atoms with E-state index in [-0.39, 0.29) is 6.04 Å². The van der Waals surface area contributed by atoms with E-state index >= 15 is 0 Å². The third kappa shape index (κ3) is 2.98. The fraction of sp³-hybridized carbons (Fsp3) is 0.692. The minimum atomic E-state index is 0.0523. The van der Waals surface area contributed by atoms with Gasteiger partial charge in [-0.3, -0.25) is 0 Å². The van der Waals surface area contributed by atoms with Gasteiger partial charge >= 0.3 is 0 Å². The van der Waals surface area contributed by atoms with Gasteiger partial charge in [0.15, 0.2) is 0 Å². The van der Waals surface area contributed by atoms with E-state index in [2.05, 4.69) is 6.92 Å². The largest absolute Gasteiger partial charge is 0.324 e. The molecular weight excluding hydrogens is 273 g/mol. The highest BCUT2D eigenvalue weighted by atomic mass is 35.5. The first-order valence-electron chi connectivity index (χ1n) is 6.33. The van der Waals surface area contributed by atoms with Crippen molar-refractivity contribution >= 4 is 34.5 Å². The molecule has 0 aromatic carbocycles. The molecule has 0 radical (unpaired) electrons. The predicted molar refractivity (Wildman–Crippen MR) is 77.0 cm³/mol. The van der Waals surface area contributed by atoms with Gasteiger partial charge in [0.05, 0.1) is 8.67 Å². The molecule has 2 N–H and O–H groups in total. The zero-order chi connectivity index (χ0) is 12.4. The molecule has 0 spiro atoms. The smallest absolute Gasteiger partial charge is 0.0991 e. The minimum absolute atomic E-state index is 0.0523. The highest BCUT2D eigenvalue weighted by Crippen LogP contribution is 2.43. The first kappa shape index (κ1) is 13.7. The van der Waals surface area contributed by atoms with Crippen LogP contribution in [0.25, 0.3) is 0 Å². The van der Waals surface area contributed by atoms with Crippen LogP contribution in [0.15, 0.2) is 6.07 Å². The van der Waals surface area contributed by atoms with Crippen LogP contribution in [0.1, 0.15) is 50.6 Å². The summed E-state index contributed by atoms with van der Waals surface area (Å²) in [5, 5.41) is 0. The molecule has 0 bridgehead atoms. The standard InChI is InChI=1S/C13H19Cl2NS/c1-2-8-5-3-4-6-9(8)12(16)10-7-11(14)17-13(10)15/h7-9,12H,2-6,16H2,1H3. The Morgan fingerprint density at radius 3 is 2.71 bits per heavy atom. The van der Waals surface area contributed by atoms with Crippen LogP contribution in [0.5, 0.6) is 0 Å². The van der Waals surface area contributed by atoms with Crippen molar-refractivity contribution in [3.05, 3.63) is 20.3 Å². The summed E-state index contributed by atoms with van der Waals surface area (Å²) in [6.07, 6.45) is 6.39. The SMILES string of the molecule is CCC1CCCCC1C(N)c1cc(Cl)sc1Cl. The number of rotatable bonds is 3. The molecule has 0 amide bonds. The monoisotopic (exact) mass is 291 g/mol. The molecule has 1 nitrogen and oxygen atoms in total. The van der Waals surface area contributed by atoms with Crippen molar-refractivity contribution < 1.29 is 0 Å². The van der Waals surface area contributed by atoms with Gasteiger partial charge in [-0.1, -0.05) is 55.8 Å². The van der Waals surface area contributed by atoms with Crippen LogP contribution in [0, 0.1) is 11.8 Å². The molecule has 1 aromatic rings. The predicted octanol–water partition coefficient (Wildman–Crippen LogP) is 5.27. The van der Waals surface area contributed by atoms with Crippen LogP contribution in [-0.4, -0.2) is 0 Å². The zero-order valence-electron chi connectivity index (χ0n) is 10.1. The summed E-state index contributed by atoms with van der Waals surface area (Å²) < 4.78 is 1.51. The molecule has 17 heavy (non-hydrogen) atoms. The fourth-order valence-corrected chi connectivity index (χ4v) is 4.59. The molecule has 1 aliphatic carbocycles. The molecule has 1 heterocycles. The molecule has 1 aliphatic rings. The van der Waals surface area contributed by atoms with Gasteiger partial charge in [0, 0.05) is 11.6 Å². The summed E-state index contributed by atoms with van der Waals surface area (Å²) in [6, 6.07) is 2.00. The second-order valence-corrected chi connectivity index (χ2v) is 7.21. The topological polar surface area (TPSA) is 26.0 Å². The Balaban J connectivity index is 2.17. The van der Waals surface area contributed by atoms with E-state index in [1.807, 2.05) is 6.07 Å².